The average molecular weight is 195 g/mol. The molecule has 0 heterocycles. The first-order valence-corrected chi connectivity index (χ1v) is 6.13. The van der Waals surface area contributed by atoms with Gasteiger partial charge in [-0.05, 0) is 12.5 Å². The molecule has 0 amide bonds. The van der Waals surface area contributed by atoms with Gasteiger partial charge in [0.25, 0.3) is 0 Å². The van der Waals surface area contributed by atoms with E-state index >= 15 is 0 Å². The van der Waals surface area contributed by atoms with E-state index in [-0.39, 0.29) is 0 Å². The normalized spacial score (nSPS) is 9.00. The van der Waals surface area contributed by atoms with Crippen molar-refractivity contribution < 1.29 is 3.52 Å². The molecule has 0 spiro atoms. The summed E-state index contributed by atoms with van der Waals surface area (Å²) >= 11 is -1.13. The van der Waals surface area contributed by atoms with Crippen LogP contribution in [0.25, 0.3) is 0 Å². The summed E-state index contributed by atoms with van der Waals surface area (Å²) in [6.45, 7) is 7.82. The standard InChI is InChI=1S/C7H7.C4H9.Al.FH.H/c1-7-5-3-2-4-6-7;1-4(2)3;;;/h2-6H,1H2;4H,1H2,2-3H3;;1H;/q;;+1;;/p-1. The molecule has 0 aliphatic carbocycles. The largest absolute Gasteiger partial charge is 0.494 e. The first-order chi connectivity index (χ1) is 6.16. The van der Waals surface area contributed by atoms with Crippen LogP contribution < -0.4 is 0 Å². The number of halogens is 1. The van der Waals surface area contributed by atoms with Crippen LogP contribution in [0.2, 0.25) is 5.28 Å². The van der Waals surface area contributed by atoms with Gasteiger partial charge in [0.2, 0.25) is 0 Å². The molecule has 71 valence electrons. The zero-order valence-electron chi connectivity index (χ0n) is 8.46. The summed E-state index contributed by atoms with van der Waals surface area (Å²) in [7, 11) is 0. The van der Waals surface area contributed by atoms with Crippen molar-refractivity contribution in [1.82, 2.24) is 0 Å². The van der Waals surface area contributed by atoms with Gasteiger partial charge in [-0.1, -0.05) is 55.4 Å². The second-order valence-electron chi connectivity index (χ2n) is 3.36. The topological polar surface area (TPSA) is 0 Å². The lowest BCUT2D eigenvalue weighted by atomic mass is 10.2. The molecule has 0 saturated heterocycles. The fourth-order valence-electron chi connectivity index (χ4n) is 0.696. The smallest absolute Gasteiger partial charge is 0.424 e. The van der Waals surface area contributed by atoms with Gasteiger partial charge in [-0.25, -0.2) is 0 Å². The van der Waals surface area contributed by atoms with Crippen molar-refractivity contribution >= 4 is 15.7 Å². The Balaban J connectivity index is 0.000000226. The third kappa shape index (κ3) is 9.60. The lowest BCUT2D eigenvalue weighted by Gasteiger charge is -1.92. The summed E-state index contributed by atoms with van der Waals surface area (Å²) in [4.78, 5) is 0. The molecule has 1 rings (SSSR count). The van der Waals surface area contributed by atoms with Gasteiger partial charge in [0.1, 0.15) is 0 Å². The summed E-state index contributed by atoms with van der Waals surface area (Å²) in [5.74, 6) is 0.585. The summed E-state index contributed by atoms with van der Waals surface area (Å²) in [5.41, 5.74) is 1.07. The summed E-state index contributed by atoms with van der Waals surface area (Å²) in [5, 5.41) is 0.847. The lowest BCUT2D eigenvalue weighted by Crippen LogP contribution is -1.87. The molecule has 2 heteroatoms. The van der Waals surface area contributed by atoms with Crippen LogP contribution in [-0.2, 0) is 0 Å². The predicted octanol–water partition coefficient (Wildman–Crippen LogP) is 3.25. The van der Waals surface area contributed by atoms with Crippen molar-refractivity contribution in [3.63, 3.8) is 0 Å². The number of hydrogen-bond acceptors (Lipinski definition) is 0. The summed E-state index contributed by atoms with van der Waals surface area (Å²) < 4.78 is 11.4. The van der Waals surface area contributed by atoms with Crippen LogP contribution in [0.4, 0.5) is 3.52 Å². The molecule has 0 aliphatic heterocycles. The van der Waals surface area contributed by atoms with Crippen LogP contribution in [0.1, 0.15) is 19.4 Å². The van der Waals surface area contributed by atoms with E-state index in [0.29, 0.717) is 5.92 Å². The third-order valence-corrected chi connectivity index (χ3v) is 2.90. The molecule has 0 aliphatic rings. The van der Waals surface area contributed by atoms with Gasteiger partial charge in [-0.2, -0.15) is 0 Å². The zero-order chi connectivity index (χ0) is 10.1. The van der Waals surface area contributed by atoms with Crippen LogP contribution >= 0.6 is 0 Å². The van der Waals surface area contributed by atoms with Crippen molar-refractivity contribution in [3.05, 3.63) is 42.8 Å². The Kier molecular flexibility index (Phi) is 8.09. The molecule has 0 unspecified atom stereocenters. The molecule has 1 aromatic carbocycles. The molecule has 0 fully saturated rings. The highest BCUT2D eigenvalue weighted by Gasteiger charge is 1.94. The van der Waals surface area contributed by atoms with Crippen molar-refractivity contribution in [2.75, 3.05) is 0 Å². The van der Waals surface area contributed by atoms with E-state index in [1.807, 2.05) is 44.2 Å². The van der Waals surface area contributed by atoms with Crippen LogP contribution in [0.3, 0.4) is 0 Å². The molecule has 1 radical (unpaired) electrons. The van der Waals surface area contributed by atoms with Crippen molar-refractivity contribution in [3.8, 4) is 0 Å². The molecule has 0 saturated carbocycles. The Morgan fingerprint density at radius 3 is 2.00 bits per heavy atom. The molecule has 0 atom stereocenters. The number of hydrogen-bond donors (Lipinski definition) is 0. The molecule has 0 N–H and O–H groups in total. The SMILES string of the molecule is CC(C)[CH2][AlH][F].[CH2]c1ccccc1. The molecule has 1 aromatic rings. The first-order valence-electron chi connectivity index (χ1n) is 4.59. The van der Waals surface area contributed by atoms with Crippen LogP contribution in [0.15, 0.2) is 30.3 Å². The van der Waals surface area contributed by atoms with Gasteiger partial charge in [0, 0.05) is 0 Å². The maximum absolute atomic E-state index is 11.4. The fraction of sp³-hybridized carbons (Fsp3) is 0.364. The van der Waals surface area contributed by atoms with Crippen molar-refractivity contribution in [2.24, 2.45) is 5.92 Å². The van der Waals surface area contributed by atoms with Gasteiger partial charge >= 0.3 is 15.7 Å². The molecule has 0 bridgehead atoms. The molecule has 13 heavy (non-hydrogen) atoms. The molecular formula is C11H17AlF. The second kappa shape index (κ2) is 8.29. The minimum absolute atomic E-state index is 0.585. The minimum Gasteiger partial charge on any atom is -0.424 e. The van der Waals surface area contributed by atoms with Gasteiger partial charge in [0.05, 0.1) is 0 Å². The van der Waals surface area contributed by atoms with E-state index in [2.05, 4.69) is 6.92 Å². The van der Waals surface area contributed by atoms with E-state index in [4.69, 9.17) is 0 Å². The van der Waals surface area contributed by atoms with E-state index in [1.54, 1.807) is 0 Å². The Bertz CT molecular complexity index is 197. The highest BCUT2D eigenvalue weighted by Crippen LogP contribution is 1.97. The monoisotopic (exact) mass is 195 g/mol. The highest BCUT2D eigenvalue weighted by atomic mass is 27.2. The van der Waals surface area contributed by atoms with Crippen molar-refractivity contribution in [2.45, 2.75) is 19.1 Å². The maximum atomic E-state index is 11.4. The van der Waals surface area contributed by atoms with E-state index in [9.17, 15) is 3.52 Å². The molecule has 0 nitrogen and oxygen atoms in total. The van der Waals surface area contributed by atoms with Crippen LogP contribution in [0.5, 0.6) is 0 Å². The minimum atomic E-state index is -1.13. The average Bonchev–Trinajstić information content (AvgIpc) is 2.06. The predicted molar refractivity (Wildman–Crippen MR) is 58.8 cm³/mol. The fourth-order valence-corrected chi connectivity index (χ4v) is 1.13. The van der Waals surface area contributed by atoms with Crippen LogP contribution in [-0.4, -0.2) is 15.7 Å². The zero-order valence-corrected chi connectivity index (χ0v) is 9.88. The summed E-state index contributed by atoms with van der Waals surface area (Å²) in [6.07, 6.45) is 0. The van der Waals surface area contributed by atoms with Gasteiger partial charge < -0.3 is 3.52 Å². The van der Waals surface area contributed by atoms with E-state index < -0.39 is 15.7 Å². The first kappa shape index (κ1) is 12.7. The van der Waals surface area contributed by atoms with Crippen molar-refractivity contribution in [1.29, 1.82) is 0 Å². The Labute approximate surface area is 87.4 Å². The Morgan fingerprint density at radius 2 is 1.85 bits per heavy atom. The molecule has 0 aromatic heterocycles. The summed E-state index contributed by atoms with van der Waals surface area (Å²) in [6, 6.07) is 9.87. The van der Waals surface area contributed by atoms with E-state index in [0.717, 1.165) is 10.8 Å². The Morgan fingerprint density at radius 1 is 1.31 bits per heavy atom. The third-order valence-electron chi connectivity index (χ3n) is 1.53. The quantitative estimate of drug-likeness (QED) is 0.635. The molecular weight excluding hydrogens is 178 g/mol. The maximum Gasteiger partial charge on any atom is 0.494 e. The van der Waals surface area contributed by atoms with Gasteiger partial charge in [-0.15, -0.1) is 0 Å². The lowest BCUT2D eigenvalue weighted by molar-refractivity contribution is 0.702. The Hall–Kier alpha value is -0.318. The highest BCUT2D eigenvalue weighted by molar-refractivity contribution is 6.26. The second-order valence-corrected chi connectivity index (χ2v) is 4.31. The number of rotatable bonds is 2. The van der Waals surface area contributed by atoms with Gasteiger partial charge in [-0.3, -0.25) is 0 Å². The van der Waals surface area contributed by atoms with E-state index in [1.165, 1.54) is 0 Å². The van der Waals surface area contributed by atoms with Gasteiger partial charge in [0.15, 0.2) is 0 Å². The van der Waals surface area contributed by atoms with Crippen LogP contribution in [0, 0.1) is 12.8 Å². The number of benzene rings is 1.